The summed E-state index contributed by atoms with van der Waals surface area (Å²) < 4.78 is 0.730. The van der Waals surface area contributed by atoms with Crippen molar-refractivity contribution in [2.75, 3.05) is 0 Å². The molecule has 0 saturated heterocycles. The second-order valence-corrected chi connectivity index (χ2v) is 4.38. The highest BCUT2D eigenvalue weighted by molar-refractivity contribution is 5.41. The topological polar surface area (TPSA) is 50.7 Å². The van der Waals surface area contributed by atoms with Crippen molar-refractivity contribution in [1.82, 2.24) is 0 Å². The summed E-state index contributed by atoms with van der Waals surface area (Å²) in [4.78, 5) is 0. The lowest BCUT2D eigenvalue weighted by Crippen LogP contribution is -2.32. The van der Waals surface area contributed by atoms with Crippen LogP contribution in [0.2, 0.25) is 0 Å². The van der Waals surface area contributed by atoms with Crippen LogP contribution in [0.15, 0.2) is 12.3 Å². The lowest BCUT2D eigenvalue weighted by atomic mass is 9.84. The zero-order chi connectivity index (χ0) is 10.9. The van der Waals surface area contributed by atoms with Gasteiger partial charge in [0, 0.05) is 13.0 Å². The molecule has 0 aromatic carbocycles. The molecule has 0 unspecified atom stereocenters. The van der Waals surface area contributed by atoms with Crippen molar-refractivity contribution < 1.29 is 4.73 Å². The van der Waals surface area contributed by atoms with Crippen LogP contribution >= 0.6 is 0 Å². The number of hydrogen-bond donors (Lipinski definition) is 0. The molecule has 0 atom stereocenters. The molecule has 14 heavy (non-hydrogen) atoms. The second kappa shape index (κ2) is 3.30. The van der Waals surface area contributed by atoms with Crippen LogP contribution in [-0.4, -0.2) is 0 Å². The zero-order valence-corrected chi connectivity index (χ0v) is 8.96. The predicted molar refractivity (Wildman–Crippen MR) is 53.6 cm³/mol. The van der Waals surface area contributed by atoms with Crippen LogP contribution in [0.25, 0.3) is 0 Å². The van der Waals surface area contributed by atoms with Gasteiger partial charge in [0.2, 0.25) is 5.69 Å². The Morgan fingerprint density at radius 2 is 2.00 bits per heavy atom. The molecule has 0 amide bonds. The summed E-state index contributed by atoms with van der Waals surface area (Å²) in [5.41, 5.74) is 1.78. The standard InChI is InChI=1S/C11H14N2O/c1-8-9(7-12)10(11(2,3)4)5-6-13(8)14/h5-6H,1-4H3. The molecule has 0 fully saturated rings. The highest BCUT2D eigenvalue weighted by atomic mass is 16.5. The van der Waals surface area contributed by atoms with Gasteiger partial charge >= 0.3 is 0 Å². The molecule has 0 spiro atoms. The molecular weight excluding hydrogens is 176 g/mol. The molecule has 0 bridgehead atoms. The number of nitriles is 1. The maximum Gasteiger partial charge on any atom is 0.207 e. The van der Waals surface area contributed by atoms with Crippen LogP contribution in [0.1, 0.15) is 37.6 Å². The Labute approximate surface area is 84.2 Å². The van der Waals surface area contributed by atoms with Crippen LogP contribution in [0.5, 0.6) is 0 Å². The number of hydrogen-bond acceptors (Lipinski definition) is 2. The fourth-order valence-electron chi connectivity index (χ4n) is 1.41. The first-order valence-corrected chi connectivity index (χ1v) is 4.51. The number of pyridine rings is 1. The maximum atomic E-state index is 11.2. The Hall–Kier alpha value is -1.56. The van der Waals surface area contributed by atoms with Gasteiger partial charge in [-0.25, -0.2) is 0 Å². The lowest BCUT2D eigenvalue weighted by molar-refractivity contribution is -0.612. The minimum absolute atomic E-state index is 0.107. The van der Waals surface area contributed by atoms with E-state index >= 15 is 0 Å². The number of rotatable bonds is 0. The van der Waals surface area contributed by atoms with Crippen LogP contribution in [-0.2, 0) is 5.41 Å². The minimum atomic E-state index is -0.107. The Balaban J connectivity index is 3.49. The second-order valence-electron chi connectivity index (χ2n) is 4.38. The summed E-state index contributed by atoms with van der Waals surface area (Å²) >= 11 is 0. The van der Waals surface area contributed by atoms with Crippen molar-refractivity contribution in [1.29, 1.82) is 5.26 Å². The van der Waals surface area contributed by atoms with Gasteiger partial charge in [0.1, 0.15) is 11.6 Å². The molecule has 3 heteroatoms. The van der Waals surface area contributed by atoms with Crippen LogP contribution in [0.4, 0.5) is 0 Å². The zero-order valence-electron chi connectivity index (χ0n) is 8.96. The predicted octanol–water partition coefficient (Wildman–Crippen LogP) is 1.80. The third-order valence-corrected chi connectivity index (χ3v) is 2.26. The van der Waals surface area contributed by atoms with Gasteiger partial charge in [0.05, 0.1) is 0 Å². The summed E-state index contributed by atoms with van der Waals surface area (Å²) in [6, 6.07) is 3.81. The largest absolute Gasteiger partial charge is 0.618 e. The maximum absolute atomic E-state index is 11.2. The van der Waals surface area contributed by atoms with Gasteiger partial charge in [0.25, 0.3) is 0 Å². The average Bonchev–Trinajstić information content (AvgIpc) is 2.07. The molecule has 0 aliphatic carbocycles. The van der Waals surface area contributed by atoms with E-state index in [2.05, 4.69) is 6.07 Å². The first kappa shape index (κ1) is 10.5. The van der Waals surface area contributed by atoms with E-state index in [4.69, 9.17) is 5.26 Å². The fraction of sp³-hybridized carbons (Fsp3) is 0.455. The third-order valence-electron chi connectivity index (χ3n) is 2.26. The van der Waals surface area contributed by atoms with Crippen molar-refractivity contribution in [3.63, 3.8) is 0 Å². The molecular formula is C11H14N2O. The monoisotopic (exact) mass is 190 g/mol. The molecule has 0 aliphatic rings. The third kappa shape index (κ3) is 1.69. The first-order chi connectivity index (χ1) is 6.38. The molecule has 1 aromatic rings. The van der Waals surface area contributed by atoms with Gasteiger partial charge in [-0.3, -0.25) is 0 Å². The molecule has 1 aromatic heterocycles. The molecule has 0 aliphatic heterocycles. The van der Waals surface area contributed by atoms with E-state index in [0.29, 0.717) is 11.3 Å². The molecule has 3 nitrogen and oxygen atoms in total. The van der Waals surface area contributed by atoms with Crippen LogP contribution < -0.4 is 4.73 Å². The molecule has 0 N–H and O–H groups in total. The van der Waals surface area contributed by atoms with E-state index in [9.17, 15) is 5.21 Å². The summed E-state index contributed by atoms with van der Waals surface area (Å²) in [7, 11) is 0. The molecule has 74 valence electrons. The highest BCUT2D eigenvalue weighted by Gasteiger charge is 2.22. The van der Waals surface area contributed by atoms with Crippen LogP contribution in [0.3, 0.4) is 0 Å². The highest BCUT2D eigenvalue weighted by Crippen LogP contribution is 2.25. The smallest absolute Gasteiger partial charge is 0.207 e. The van der Waals surface area contributed by atoms with Crippen molar-refractivity contribution in [3.8, 4) is 6.07 Å². The van der Waals surface area contributed by atoms with Gasteiger partial charge < -0.3 is 5.21 Å². The molecule has 1 heterocycles. The fourth-order valence-corrected chi connectivity index (χ4v) is 1.41. The van der Waals surface area contributed by atoms with E-state index in [1.54, 1.807) is 13.0 Å². The van der Waals surface area contributed by atoms with Crippen molar-refractivity contribution in [3.05, 3.63) is 34.3 Å². The van der Waals surface area contributed by atoms with Gasteiger partial charge in [-0.1, -0.05) is 20.8 Å². The Bertz CT molecular complexity index is 397. The lowest BCUT2D eigenvalue weighted by Gasteiger charge is -2.20. The molecule has 0 saturated carbocycles. The van der Waals surface area contributed by atoms with Gasteiger partial charge in [-0.15, -0.1) is 0 Å². The van der Waals surface area contributed by atoms with Gasteiger partial charge in [-0.2, -0.15) is 9.99 Å². The van der Waals surface area contributed by atoms with Gasteiger partial charge in [0.15, 0.2) is 6.20 Å². The van der Waals surface area contributed by atoms with Crippen molar-refractivity contribution >= 4 is 0 Å². The van der Waals surface area contributed by atoms with E-state index in [1.807, 2.05) is 20.8 Å². The summed E-state index contributed by atoms with van der Waals surface area (Å²) in [5.74, 6) is 0. The average molecular weight is 190 g/mol. The summed E-state index contributed by atoms with van der Waals surface area (Å²) in [5, 5.41) is 20.2. The van der Waals surface area contributed by atoms with Crippen LogP contribution in [0, 0.1) is 23.5 Å². The SMILES string of the molecule is Cc1c(C#N)c(C(C)(C)C)cc[n+]1[O-]. The normalized spacial score (nSPS) is 11.1. The van der Waals surface area contributed by atoms with Crippen molar-refractivity contribution in [2.45, 2.75) is 33.1 Å². The Morgan fingerprint density at radius 1 is 1.43 bits per heavy atom. The Morgan fingerprint density at radius 3 is 2.43 bits per heavy atom. The Kier molecular flexibility index (Phi) is 2.48. The number of aromatic nitrogens is 1. The molecule has 1 rings (SSSR count). The van der Waals surface area contributed by atoms with E-state index in [1.165, 1.54) is 6.20 Å². The minimum Gasteiger partial charge on any atom is -0.618 e. The van der Waals surface area contributed by atoms with E-state index in [-0.39, 0.29) is 5.41 Å². The van der Waals surface area contributed by atoms with E-state index < -0.39 is 0 Å². The number of nitrogens with zero attached hydrogens (tertiary/aromatic N) is 2. The molecule has 0 radical (unpaired) electrons. The van der Waals surface area contributed by atoms with Crippen molar-refractivity contribution in [2.24, 2.45) is 0 Å². The van der Waals surface area contributed by atoms with E-state index in [0.717, 1.165) is 10.3 Å². The van der Waals surface area contributed by atoms with Gasteiger partial charge in [-0.05, 0) is 11.0 Å². The first-order valence-electron chi connectivity index (χ1n) is 4.51. The summed E-state index contributed by atoms with van der Waals surface area (Å²) in [6.45, 7) is 7.74. The summed E-state index contributed by atoms with van der Waals surface area (Å²) in [6.07, 6.45) is 1.46. The quantitative estimate of drug-likeness (QED) is 0.462.